The van der Waals surface area contributed by atoms with E-state index in [-0.39, 0.29) is 17.1 Å². The molecule has 2 aromatic rings. The molecule has 1 aromatic heterocycles. The van der Waals surface area contributed by atoms with Crippen LogP contribution in [-0.2, 0) is 21.1 Å². The number of methoxy groups -OCH3 is 1. The van der Waals surface area contributed by atoms with Crippen molar-refractivity contribution in [1.82, 2.24) is 9.55 Å². The minimum absolute atomic E-state index is 0.119. The molecule has 0 bridgehead atoms. The molecular weight excluding hydrogens is 352 g/mol. The van der Waals surface area contributed by atoms with Gasteiger partial charge in [0.05, 0.1) is 46.9 Å². The van der Waals surface area contributed by atoms with Crippen molar-refractivity contribution in [3.63, 3.8) is 0 Å². The topological polar surface area (TPSA) is 98.5 Å². The van der Waals surface area contributed by atoms with E-state index in [1.54, 1.807) is 31.4 Å². The Bertz CT molecular complexity index is 910. The quantitative estimate of drug-likeness (QED) is 0.756. The van der Waals surface area contributed by atoms with Crippen LogP contribution >= 0.6 is 11.8 Å². The molecule has 1 saturated heterocycles. The lowest BCUT2D eigenvalue weighted by molar-refractivity contribution is 0.183. The van der Waals surface area contributed by atoms with Crippen LogP contribution in [0.1, 0.15) is 0 Å². The van der Waals surface area contributed by atoms with Crippen molar-refractivity contribution in [2.45, 2.75) is 23.1 Å². The predicted molar refractivity (Wildman–Crippen MR) is 92.2 cm³/mol. The van der Waals surface area contributed by atoms with E-state index in [4.69, 9.17) is 4.74 Å². The number of nitrogens with zero attached hydrogens (tertiary/aromatic N) is 2. The summed E-state index contributed by atoms with van der Waals surface area (Å²) in [5.74, 6) is -0.369. The third kappa shape index (κ3) is 3.49. The van der Waals surface area contributed by atoms with Crippen molar-refractivity contribution in [1.29, 1.82) is 0 Å². The maximum atomic E-state index is 12.7. The van der Waals surface area contributed by atoms with Crippen LogP contribution in [0.2, 0.25) is 0 Å². The first kappa shape index (κ1) is 17.4. The van der Waals surface area contributed by atoms with Crippen LogP contribution in [0.5, 0.6) is 0 Å². The Kier molecular flexibility index (Phi) is 4.95. The van der Waals surface area contributed by atoms with Crippen molar-refractivity contribution in [2.24, 2.45) is 0 Å². The fraction of sp³-hybridized carbons (Fsp3) is 0.467. The highest BCUT2D eigenvalue weighted by molar-refractivity contribution is 8.01. The molecular formula is C15H18N2O5S2. The van der Waals surface area contributed by atoms with Crippen LogP contribution in [0.4, 0.5) is 0 Å². The number of sulfone groups is 1. The molecule has 1 aliphatic heterocycles. The van der Waals surface area contributed by atoms with Crippen LogP contribution in [0.15, 0.2) is 34.2 Å². The average molecular weight is 370 g/mol. The van der Waals surface area contributed by atoms with Crippen molar-refractivity contribution in [2.75, 3.05) is 25.2 Å². The zero-order valence-corrected chi connectivity index (χ0v) is 14.7. The van der Waals surface area contributed by atoms with Gasteiger partial charge in [0.15, 0.2) is 15.0 Å². The van der Waals surface area contributed by atoms with E-state index in [0.717, 1.165) is 11.8 Å². The van der Waals surface area contributed by atoms with E-state index >= 15 is 0 Å². The van der Waals surface area contributed by atoms with Crippen molar-refractivity contribution in [3.8, 4) is 0 Å². The summed E-state index contributed by atoms with van der Waals surface area (Å²) in [5, 5.41) is 10.4. The van der Waals surface area contributed by atoms with Crippen LogP contribution in [0.25, 0.3) is 10.9 Å². The lowest BCUT2D eigenvalue weighted by atomic mass is 10.2. The fourth-order valence-corrected chi connectivity index (χ4v) is 6.27. The number of thioether (sulfide) groups is 1. The van der Waals surface area contributed by atoms with Gasteiger partial charge >= 0.3 is 0 Å². The second-order valence-electron chi connectivity index (χ2n) is 5.66. The third-order valence-electron chi connectivity index (χ3n) is 3.87. The lowest BCUT2D eigenvalue weighted by Crippen LogP contribution is -2.27. The van der Waals surface area contributed by atoms with E-state index in [0.29, 0.717) is 29.2 Å². The van der Waals surface area contributed by atoms with E-state index in [9.17, 15) is 18.3 Å². The SMILES string of the molecule is COCCn1c(S[C@@H]2CS(=O)(=O)C[C@@H]2O)nc2ccccc2c1=O. The molecule has 1 aliphatic rings. The van der Waals surface area contributed by atoms with Gasteiger partial charge in [-0.15, -0.1) is 0 Å². The molecule has 3 rings (SSSR count). The molecule has 0 radical (unpaired) electrons. The monoisotopic (exact) mass is 370 g/mol. The molecule has 0 aliphatic carbocycles. The highest BCUT2D eigenvalue weighted by atomic mass is 32.2. The minimum Gasteiger partial charge on any atom is -0.391 e. The zero-order chi connectivity index (χ0) is 17.3. The Hall–Kier alpha value is -1.42. The van der Waals surface area contributed by atoms with E-state index < -0.39 is 21.2 Å². The number of para-hydroxylation sites is 1. The normalized spacial score (nSPS) is 22.9. The zero-order valence-electron chi connectivity index (χ0n) is 13.1. The maximum Gasteiger partial charge on any atom is 0.262 e. The largest absolute Gasteiger partial charge is 0.391 e. The number of hydrogen-bond acceptors (Lipinski definition) is 7. The lowest BCUT2D eigenvalue weighted by Gasteiger charge is -2.16. The van der Waals surface area contributed by atoms with Gasteiger partial charge in [0, 0.05) is 7.11 Å². The fourth-order valence-electron chi connectivity index (χ4n) is 2.66. The predicted octanol–water partition coefficient (Wildman–Crippen LogP) is 0.293. The number of ether oxygens (including phenoxy) is 1. The second-order valence-corrected chi connectivity index (χ2v) is 9.02. The number of aliphatic hydroxyl groups excluding tert-OH is 1. The van der Waals surface area contributed by atoms with Gasteiger partial charge in [-0.2, -0.15) is 0 Å². The summed E-state index contributed by atoms with van der Waals surface area (Å²) in [5.41, 5.74) is 0.351. The van der Waals surface area contributed by atoms with Gasteiger partial charge in [0.1, 0.15) is 0 Å². The molecule has 1 aromatic carbocycles. The smallest absolute Gasteiger partial charge is 0.262 e. The van der Waals surface area contributed by atoms with Crippen molar-refractivity contribution in [3.05, 3.63) is 34.6 Å². The first-order chi connectivity index (χ1) is 11.4. The minimum atomic E-state index is -3.26. The van der Waals surface area contributed by atoms with E-state index in [2.05, 4.69) is 4.98 Å². The number of hydrogen-bond donors (Lipinski definition) is 1. The number of fused-ring (bicyclic) bond motifs is 1. The molecule has 0 spiro atoms. The Morgan fingerprint density at radius 1 is 1.38 bits per heavy atom. The molecule has 1 fully saturated rings. The molecule has 0 unspecified atom stereocenters. The molecule has 2 atom stereocenters. The molecule has 0 saturated carbocycles. The summed E-state index contributed by atoms with van der Waals surface area (Å²) in [6.07, 6.45) is -0.959. The molecule has 24 heavy (non-hydrogen) atoms. The summed E-state index contributed by atoms with van der Waals surface area (Å²) in [7, 11) is -1.72. The Labute approximate surface area is 143 Å². The summed E-state index contributed by atoms with van der Waals surface area (Å²) in [6, 6.07) is 7.00. The van der Waals surface area contributed by atoms with Crippen LogP contribution < -0.4 is 5.56 Å². The number of rotatable bonds is 5. The molecule has 2 heterocycles. The molecule has 0 amide bonds. The van der Waals surface area contributed by atoms with Crippen molar-refractivity contribution < 1.29 is 18.3 Å². The third-order valence-corrected chi connectivity index (χ3v) is 7.11. The van der Waals surface area contributed by atoms with Crippen LogP contribution in [0.3, 0.4) is 0 Å². The highest BCUT2D eigenvalue weighted by Gasteiger charge is 2.38. The van der Waals surface area contributed by atoms with Gasteiger partial charge in [-0.05, 0) is 12.1 Å². The first-order valence-corrected chi connectivity index (χ1v) is 10.1. The van der Waals surface area contributed by atoms with Gasteiger partial charge in [0.2, 0.25) is 0 Å². The summed E-state index contributed by atoms with van der Waals surface area (Å²) in [4.78, 5) is 17.2. The number of benzene rings is 1. The average Bonchev–Trinajstić information content (AvgIpc) is 2.79. The molecule has 7 nitrogen and oxygen atoms in total. The van der Waals surface area contributed by atoms with Gasteiger partial charge in [0.25, 0.3) is 5.56 Å². The van der Waals surface area contributed by atoms with Gasteiger partial charge in [-0.3, -0.25) is 9.36 Å². The number of aliphatic hydroxyl groups is 1. The Morgan fingerprint density at radius 2 is 2.12 bits per heavy atom. The summed E-state index contributed by atoms with van der Waals surface area (Å²) < 4.78 is 29.9. The highest BCUT2D eigenvalue weighted by Crippen LogP contribution is 2.30. The van der Waals surface area contributed by atoms with Crippen molar-refractivity contribution >= 4 is 32.5 Å². The molecule has 130 valence electrons. The van der Waals surface area contributed by atoms with E-state index in [1.165, 1.54) is 4.57 Å². The molecule has 9 heteroatoms. The standard InChI is InChI=1S/C15H18N2O5S2/c1-22-7-6-17-14(19)10-4-2-3-5-11(10)16-15(17)23-13-9-24(20,21)8-12(13)18/h2-5,12-13,18H,6-9H2,1H3/t12-,13+/m0/s1. The number of aromatic nitrogens is 2. The molecule has 1 N–H and O–H groups in total. The second kappa shape index (κ2) is 6.83. The summed E-state index contributed by atoms with van der Waals surface area (Å²) >= 11 is 1.13. The van der Waals surface area contributed by atoms with Gasteiger partial charge in [-0.1, -0.05) is 23.9 Å². The van der Waals surface area contributed by atoms with Crippen LogP contribution in [0, 0.1) is 0 Å². The Balaban J connectivity index is 2.03. The van der Waals surface area contributed by atoms with Gasteiger partial charge in [-0.25, -0.2) is 13.4 Å². The van der Waals surface area contributed by atoms with Crippen LogP contribution in [-0.4, -0.2) is 59.7 Å². The van der Waals surface area contributed by atoms with Gasteiger partial charge < -0.3 is 9.84 Å². The van der Waals surface area contributed by atoms with E-state index in [1.807, 2.05) is 0 Å². The summed E-state index contributed by atoms with van der Waals surface area (Å²) in [6.45, 7) is 0.643. The maximum absolute atomic E-state index is 12.7. The first-order valence-electron chi connectivity index (χ1n) is 7.45. The Morgan fingerprint density at radius 3 is 2.79 bits per heavy atom.